The predicted octanol–water partition coefficient (Wildman–Crippen LogP) is 3.41. The molecule has 3 N–H and O–H groups in total. The molecule has 0 aromatic rings. The Kier molecular flexibility index (Phi) is 3.87. The Morgan fingerprint density at radius 2 is 0.867 bits per heavy atom. The zero-order valence-corrected chi connectivity index (χ0v) is 11.0. The molecule has 1 rings (SSSR count). The lowest BCUT2D eigenvalue weighted by Gasteiger charge is -2.22. The van der Waals surface area contributed by atoms with Crippen LogP contribution < -0.4 is 15.3 Å². The van der Waals surface area contributed by atoms with E-state index in [1.54, 1.807) is 0 Å². The van der Waals surface area contributed by atoms with E-state index in [1.165, 1.54) is 21.1 Å². The average Bonchev–Trinajstić information content (AvgIpc) is 2.16. The average molecular weight is 282 g/mol. The summed E-state index contributed by atoms with van der Waals surface area (Å²) >= 11 is 0. The van der Waals surface area contributed by atoms with Crippen molar-refractivity contribution in [2.45, 2.75) is 0 Å². The second kappa shape index (κ2) is 4.32. The zero-order chi connectivity index (χ0) is 11.7. The standard InChI is InChI=1S/C3H12F3N6P3/c1-7-13(4)10-14(5,8-2)12-15(6,9-3)11-13/h7-9H,1-3H3. The molecule has 1 heterocycles. The lowest BCUT2D eigenvalue weighted by Crippen LogP contribution is -2.06. The summed E-state index contributed by atoms with van der Waals surface area (Å²) in [6, 6.07) is 0. The number of halogens is 3. The lowest BCUT2D eigenvalue weighted by molar-refractivity contribution is 0.798. The van der Waals surface area contributed by atoms with Crippen LogP contribution in [0.4, 0.5) is 12.6 Å². The molecule has 12 heteroatoms. The van der Waals surface area contributed by atoms with Crippen LogP contribution in [0.15, 0.2) is 13.5 Å². The van der Waals surface area contributed by atoms with Crippen LogP contribution in [0, 0.1) is 0 Å². The molecule has 6 nitrogen and oxygen atoms in total. The molecule has 0 unspecified atom stereocenters. The molecule has 1 aliphatic heterocycles. The fourth-order valence-electron chi connectivity index (χ4n) is 0.793. The van der Waals surface area contributed by atoms with Gasteiger partial charge in [0, 0.05) is 0 Å². The van der Waals surface area contributed by atoms with E-state index in [2.05, 4.69) is 28.8 Å². The molecule has 0 bridgehead atoms. The summed E-state index contributed by atoms with van der Waals surface area (Å²) in [7, 11) is -8.33. The Hall–Kier alpha value is 0.360. The van der Waals surface area contributed by atoms with Crippen molar-refractivity contribution in [3.63, 3.8) is 0 Å². The molecule has 0 spiro atoms. The van der Waals surface area contributed by atoms with E-state index < -0.39 is 23.0 Å². The van der Waals surface area contributed by atoms with Crippen LogP contribution in [0.1, 0.15) is 0 Å². The molecule has 0 aromatic carbocycles. The van der Waals surface area contributed by atoms with E-state index in [0.29, 0.717) is 0 Å². The van der Waals surface area contributed by atoms with Gasteiger partial charge in [0.15, 0.2) is 0 Å². The smallest absolute Gasteiger partial charge is 0.243 e. The normalized spacial score (nSPS) is 45.2. The van der Waals surface area contributed by atoms with E-state index in [1.807, 2.05) is 0 Å². The van der Waals surface area contributed by atoms with Gasteiger partial charge in [0.05, 0.1) is 0 Å². The highest BCUT2D eigenvalue weighted by Crippen LogP contribution is 2.76. The van der Waals surface area contributed by atoms with Crippen LogP contribution in [0.2, 0.25) is 0 Å². The van der Waals surface area contributed by atoms with E-state index >= 15 is 0 Å². The van der Waals surface area contributed by atoms with Gasteiger partial charge < -0.3 is 0 Å². The highest BCUT2D eigenvalue weighted by atomic mass is 31.3. The molecule has 0 atom stereocenters. The maximum Gasteiger partial charge on any atom is 0.320 e. The van der Waals surface area contributed by atoms with Crippen LogP contribution in [-0.4, -0.2) is 21.1 Å². The van der Waals surface area contributed by atoms with Crippen molar-refractivity contribution in [1.82, 2.24) is 15.3 Å². The Balaban J connectivity index is 3.46. The first kappa shape index (κ1) is 13.4. The molecule has 0 aliphatic carbocycles. The number of nitrogens with one attached hydrogen (secondary N) is 3. The third-order valence-electron chi connectivity index (χ3n) is 1.56. The Morgan fingerprint density at radius 3 is 1.00 bits per heavy atom. The first-order chi connectivity index (χ1) is 6.80. The van der Waals surface area contributed by atoms with Gasteiger partial charge >= 0.3 is 23.0 Å². The minimum absolute atomic E-state index is 1.21. The van der Waals surface area contributed by atoms with Crippen molar-refractivity contribution in [2.24, 2.45) is 13.5 Å². The molecular weight excluding hydrogens is 270 g/mol. The summed E-state index contributed by atoms with van der Waals surface area (Å²) in [6.45, 7) is 0. The zero-order valence-electron chi connectivity index (χ0n) is 8.32. The predicted molar refractivity (Wildman–Crippen MR) is 58.5 cm³/mol. The quantitative estimate of drug-likeness (QED) is 0.694. The Morgan fingerprint density at radius 1 is 0.667 bits per heavy atom. The van der Waals surface area contributed by atoms with Crippen LogP contribution in [0.25, 0.3) is 0 Å². The van der Waals surface area contributed by atoms with Crippen molar-refractivity contribution < 1.29 is 12.6 Å². The largest absolute Gasteiger partial charge is 0.320 e. The van der Waals surface area contributed by atoms with Crippen molar-refractivity contribution in [2.75, 3.05) is 21.1 Å². The van der Waals surface area contributed by atoms with Crippen molar-refractivity contribution in [3.05, 3.63) is 0 Å². The third-order valence-corrected chi connectivity index (χ3v) is 8.96. The number of hydrogen-bond acceptors (Lipinski definition) is 6. The van der Waals surface area contributed by atoms with E-state index in [4.69, 9.17) is 0 Å². The van der Waals surface area contributed by atoms with Crippen LogP contribution in [0.5, 0.6) is 0 Å². The minimum atomic E-state index is -3.99. The second-order valence-corrected chi connectivity index (χ2v) is 9.15. The van der Waals surface area contributed by atoms with Crippen molar-refractivity contribution >= 4 is 23.0 Å². The topological polar surface area (TPSA) is 73.2 Å². The van der Waals surface area contributed by atoms with Crippen molar-refractivity contribution in [3.8, 4) is 0 Å². The van der Waals surface area contributed by atoms with Gasteiger partial charge in [-0.3, -0.25) is 0 Å². The second-order valence-electron chi connectivity index (χ2n) is 2.51. The molecule has 0 radical (unpaired) electrons. The van der Waals surface area contributed by atoms with Gasteiger partial charge in [-0.15, -0.1) is 0 Å². The van der Waals surface area contributed by atoms with Crippen LogP contribution in [0.3, 0.4) is 0 Å². The van der Waals surface area contributed by atoms with Gasteiger partial charge in [0.2, 0.25) is 0 Å². The molecular formula is C3H12F3N6P3. The van der Waals surface area contributed by atoms with Gasteiger partial charge in [-0.1, -0.05) is 0 Å². The molecule has 15 heavy (non-hydrogen) atoms. The van der Waals surface area contributed by atoms with Crippen molar-refractivity contribution in [1.29, 1.82) is 0 Å². The lowest BCUT2D eigenvalue weighted by atomic mass is 11.6. The first-order valence-corrected chi connectivity index (χ1v) is 8.63. The molecule has 0 saturated heterocycles. The Bertz CT molecular complexity index is 339. The summed E-state index contributed by atoms with van der Waals surface area (Å²) in [5.41, 5.74) is 0. The fraction of sp³-hybridized carbons (Fsp3) is 1.00. The van der Waals surface area contributed by atoms with Gasteiger partial charge in [-0.25, -0.2) is 15.3 Å². The third kappa shape index (κ3) is 2.93. The molecule has 0 aromatic heterocycles. The summed E-state index contributed by atoms with van der Waals surface area (Å²) in [5, 5.41) is 6.32. The maximum absolute atomic E-state index is 13.8. The van der Waals surface area contributed by atoms with E-state index in [-0.39, 0.29) is 0 Å². The first-order valence-electron chi connectivity index (χ1n) is 3.88. The number of nitrogens with zero attached hydrogens (tertiary/aromatic N) is 3. The van der Waals surface area contributed by atoms with E-state index in [9.17, 15) is 12.6 Å². The summed E-state index contributed by atoms with van der Waals surface area (Å²) in [4.78, 5) is 0. The number of hydrogen-bond donors (Lipinski definition) is 3. The SMILES string of the molecule is CNP1(F)=NP(F)(NC)=NP(F)(NC)=N1. The molecule has 90 valence electrons. The summed E-state index contributed by atoms with van der Waals surface area (Å²) in [6.07, 6.45) is 0. The molecule has 0 saturated carbocycles. The molecule has 1 aliphatic rings. The monoisotopic (exact) mass is 282 g/mol. The van der Waals surface area contributed by atoms with Gasteiger partial charge in [0.1, 0.15) is 0 Å². The fourth-order valence-corrected chi connectivity index (χ4v) is 8.10. The highest BCUT2D eigenvalue weighted by Gasteiger charge is 2.35. The summed E-state index contributed by atoms with van der Waals surface area (Å²) < 4.78 is 50.9. The maximum atomic E-state index is 13.8. The highest BCUT2D eigenvalue weighted by molar-refractivity contribution is 7.80. The van der Waals surface area contributed by atoms with E-state index in [0.717, 1.165) is 0 Å². The summed E-state index contributed by atoms with van der Waals surface area (Å²) in [5.74, 6) is 0. The van der Waals surface area contributed by atoms with Gasteiger partial charge in [0.25, 0.3) is 0 Å². The van der Waals surface area contributed by atoms with Crippen LogP contribution in [-0.2, 0) is 0 Å². The molecule has 0 fully saturated rings. The number of rotatable bonds is 3. The molecule has 0 amide bonds. The minimum Gasteiger partial charge on any atom is -0.243 e. The van der Waals surface area contributed by atoms with Crippen LogP contribution >= 0.6 is 23.0 Å². The van der Waals surface area contributed by atoms with Gasteiger partial charge in [-0.2, -0.15) is 26.1 Å². The van der Waals surface area contributed by atoms with Gasteiger partial charge in [-0.05, 0) is 21.1 Å². The Labute approximate surface area is 86.3 Å².